The van der Waals surface area contributed by atoms with Crippen LogP contribution in [0.25, 0.3) is 0 Å². The van der Waals surface area contributed by atoms with Gasteiger partial charge in [-0.1, -0.05) is 31.2 Å². The molecule has 2 unspecified atom stereocenters. The number of nitroso groups, excluding NO2 is 1. The molecule has 0 radical (unpaired) electrons. The number of aliphatic carboxylic acids is 1. The van der Waals surface area contributed by atoms with Crippen LogP contribution in [0.5, 0.6) is 5.75 Å². The van der Waals surface area contributed by atoms with E-state index >= 15 is 0 Å². The summed E-state index contributed by atoms with van der Waals surface area (Å²) >= 11 is 0. The topological polar surface area (TPSA) is 76.0 Å². The fourth-order valence-corrected chi connectivity index (χ4v) is 1.61. The number of hydrogen-bond acceptors (Lipinski definition) is 4. The first-order valence-electron chi connectivity index (χ1n) is 5.94. The molecular formula is C13H17NO4. The molecule has 0 fully saturated rings. The van der Waals surface area contributed by atoms with Crippen LogP contribution >= 0.6 is 0 Å². The number of hydrogen-bond donors (Lipinski definition) is 1. The minimum Gasteiger partial charge on any atom is -0.479 e. The maximum atomic E-state index is 10.8. The van der Waals surface area contributed by atoms with Crippen molar-refractivity contribution < 1.29 is 14.6 Å². The van der Waals surface area contributed by atoms with Crippen molar-refractivity contribution in [2.75, 3.05) is 0 Å². The lowest BCUT2D eigenvalue weighted by Crippen LogP contribution is -2.25. The number of carboxylic acids is 1. The third-order valence-corrected chi connectivity index (χ3v) is 2.70. The molecule has 98 valence electrons. The molecule has 0 heterocycles. The van der Waals surface area contributed by atoms with Crippen LogP contribution in [-0.4, -0.2) is 17.2 Å². The number of nitrogens with zero attached hydrogens (tertiary/aromatic N) is 1. The average molecular weight is 251 g/mol. The molecule has 2 atom stereocenters. The lowest BCUT2D eigenvalue weighted by molar-refractivity contribution is -0.145. The van der Waals surface area contributed by atoms with E-state index in [0.717, 1.165) is 5.56 Å². The molecule has 1 aromatic rings. The molecule has 0 bridgehead atoms. The van der Waals surface area contributed by atoms with Crippen LogP contribution in [-0.2, 0) is 4.79 Å². The molecule has 0 aliphatic rings. The second-order valence-corrected chi connectivity index (χ2v) is 3.95. The molecule has 1 aromatic carbocycles. The van der Waals surface area contributed by atoms with Crippen LogP contribution < -0.4 is 4.74 Å². The van der Waals surface area contributed by atoms with Gasteiger partial charge in [-0.2, -0.15) is 4.91 Å². The van der Waals surface area contributed by atoms with Gasteiger partial charge in [0.2, 0.25) is 0 Å². The second-order valence-electron chi connectivity index (χ2n) is 3.95. The molecule has 1 rings (SSSR count). The van der Waals surface area contributed by atoms with E-state index in [2.05, 4.69) is 5.18 Å². The smallest absolute Gasteiger partial charge is 0.344 e. The van der Waals surface area contributed by atoms with E-state index in [-0.39, 0.29) is 6.04 Å². The van der Waals surface area contributed by atoms with Gasteiger partial charge < -0.3 is 9.84 Å². The molecule has 0 spiro atoms. The zero-order valence-electron chi connectivity index (χ0n) is 10.5. The van der Waals surface area contributed by atoms with Crippen molar-refractivity contribution in [3.8, 4) is 5.75 Å². The van der Waals surface area contributed by atoms with Crippen molar-refractivity contribution in [2.45, 2.75) is 38.8 Å². The molecule has 0 aliphatic carbocycles. The fourth-order valence-electron chi connectivity index (χ4n) is 1.61. The Morgan fingerprint density at radius 1 is 1.28 bits per heavy atom. The Hall–Kier alpha value is -1.91. The molecule has 0 saturated heterocycles. The van der Waals surface area contributed by atoms with Crippen LogP contribution in [0.4, 0.5) is 0 Å². The third kappa shape index (κ3) is 3.55. The number of ether oxygens (including phenoxy) is 1. The Morgan fingerprint density at radius 2 is 1.89 bits per heavy atom. The minimum atomic E-state index is -0.984. The lowest BCUT2D eigenvalue weighted by atomic mass is 10.1. The maximum absolute atomic E-state index is 10.8. The van der Waals surface area contributed by atoms with Crippen LogP contribution in [0.1, 0.15) is 38.3 Å². The van der Waals surface area contributed by atoms with Crippen molar-refractivity contribution in [1.82, 2.24) is 0 Å². The van der Waals surface area contributed by atoms with E-state index in [1.165, 1.54) is 0 Å². The normalized spacial score (nSPS) is 13.7. The van der Waals surface area contributed by atoms with Crippen molar-refractivity contribution in [3.63, 3.8) is 0 Å². The highest BCUT2D eigenvalue weighted by Crippen LogP contribution is 2.23. The SMILES string of the molecule is CCC(Oc1ccc(C(CC)N=O)cc1)C(=O)O. The average Bonchev–Trinajstić information content (AvgIpc) is 2.38. The zero-order chi connectivity index (χ0) is 13.5. The van der Waals surface area contributed by atoms with E-state index in [1.54, 1.807) is 31.2 Å². The minimum absolute atomic E-state index is 0.361. The van der Waals surface area contributed by atoms with Gasteiger partial charge in [-0.25, -0.2) is 4.79 Å². The highest BCUT2D eigenvalue weighted by atomic mass is 16.5. The Bertz CT molecular complexity index is 402. The first kappa shape index (κ1) is 14.2. The van der Waals surface area contributed by atoms with Gasteiger partial charge in [-0.15, -0.1) is 0 Å². The number of benzene rings is 1. The van der Waals surface area contributed by atoms with E-state index in [1.807, 2.05) is 6.92 Å². The standard InChI is InChI=1S/C13H17NO4/c1-3-11(14-17)9-5-7-10(8-6-9)18-12(4-2)13(15)16/h5-8,11-12H,3-4H2,1-2H3,(H,15,16). The number of carbonyl (C=O) groups is 1. The number of rotatable bonds is 7. The first-order valence-corrected chi connectivity index (χ1v) is 5.94. The molecule has 1 N–H and O–H groups in total. The maximum Gasteiger partial charge on any atom is 0.344 e. The summed E-state index contributed by atoms with van der Waals surface area (Å²) in [5.74, 6) is -0.503. The Balaban J connectivity index is 2.76. The van der Waals surface area contributed by atoms with Crippen molar-refractivity contribution >= 4 is 5.97 Å². The highest BCUT2D eigenvalue weighted by molar-refractivity contribution is 5.72. The van der Waals surface area contributed by atoms with E-state index in [0.29, 0.717) is 18.6 Å². The van der Waals surface area contributed by atoms with Gasteiger partial charge in [-0.05, 0) is 30.5 Å². The predicted molar refractivity (Wildman–Crippen MR) is 67.6 cm³/mol. The van der Waals surface area contributed by atoms with Crippen LogP contribution in [0.15, 0.2) is 29.4 Å². The van der Waals surface area contributed by atoms with Crippen LogP contribution in [0.3, 0.4) is 0 Å². The van der Waals surface area contributed by atoms with Gasteiger partial charge in [-0.3, -0.25) is 0 Å². The van der Waals surface area contributed by atoms with Crippen LogP contribution in [0, 0.1) is 4.91 Å². The predicted octanol–water partition coefficient (Wildman–Crippen LogP) is 3.15. The van der Waals surface area contributed by atoms with Gasteiger partial charge >= 0.3 is 5.97 Å². The van der Waals surface area contributed by atoms with Gasteiger partial charge in [0.05, 0.1) is 0 Å². The van der Waals surface area contributed by atoms with Gasteiger partial charge in [0.1, 0.15) is 11.8 Å². The molecule has 0 amide bonds. The molecular weight excluding hydrogens is 234 g/mol. The summed E-state index contributed by atoms with van der Waals surface area (Å²) in [5.41, 5.74) is 0.809. The summed E-state index contributed by atoms with van der Waals surface area (Å²) < 4.78 is 5.32. The van der Waals surface area contributed by atoms with E-state index in [4.69, 9.17) is 9.84 Å². The molecule has 18 heavy (non-hydrogen) atoms. The van der Waals surface area contributed by atoms with Crippen LogP contribution in [0.2, 0.25) is 0 Å². The largest absolute Gasteiger partial charge is 0.479 e. The molecule has 5 nitrogen and oxygen atoms in total. The molecule has 5 heteroatoms. The van der Waals surface area contributed by atoms with E-state index in [9.17, 15) is 9.70 Å². The monoisotopic (exact) mass is 251 g/mol. The molecule has 0 aromatic heterocycles. The molecule has 0 aliphatic heterocycles. The first-order chi connectivity index (χ1) is 8.62. The number of carboxylic acid groups (broad SMARTS) is 1. The summed E-state index contributed by atoms with van der Waals surface area (Å²) in [6, 6.07) is 6.43. The zero-order valence-corrected chi connectivity index (χ0v) is 10.5. The summed E-state index contributed by atoms with van der Waals surface area (Å²) in [7, 11) is 0. The second kappa shape index (κ2) is 6.74. The van der Waals surface area contributed by atoms with Gasteiger partial charge in [0, 0.05) is 0 Å². The van der Waals surface area contributed by atoms with Crippen molar-refractivity contribution in [2.24, 2.45) is 5.18 Å². The summed E-state index contributed by atoms with van der Waals surface area (Å²) in [6.45, 7) is 3.63. The fraction of sp³-hybridized carbons (Fsp3) is 0.462. The molecule has 0 saturated carbocycles. The van der Waals surface area contributed by atoms with Gasteiger partial charge in [0.15, 0.2) is 6.10 Å². The van der Waals surface area contributed by atoms with Crippen molar-refractivity contribution in [3.05, 3.63) is 34.7 Å². The highest BCUT2D eigenvalue weighted by Gasteiger charge is 2.17. The Labute approximate surface area is 106 Å². The quantitative estimate of drug-likeness (QED) is 0.755. The Kier molecular flexibility index (Phi) is 5.30. The summed E-state index contributed by atoms with van der Waals surface area (Å²) in [6.07, 6.45) is 0.183. The van der Waals surface area contributed by atoms with Crippen molar-refractivity contribution in [1.29, 1.82) is 0 Å². The Morgan fingerprint density at radius 3 is 2.28 bits per heavy atom. The lowest BCUT2D eigenvalue weighted by Gasteiger charge is -2.14. The summed E-state index contributed by atoms with van der Waals surface area (Å²) in [5, 5.41) is 11.9. The van der Waals surface area contributed by atoms with Gasteiger partial charge in [0.25, 0.3) is 0 Å². The summed E-state index contributed by atoms with van der Waals surface area (Å²) in [4.78, 5) is 21.4. The van der Waals surface area contributed by atoms with E-state index < -0.39 is 12.1 Å². The third-order valence-electron chi connectivity index (χ3n) is 2.70.